The topological polar surface area (TPSA) is 26.3 Å². The smallest absolute Gasteiger partial charge is 0.462 e. The van der Waals surface area contributed by atoms with Gasteiger partial charge in [-0.1, -0.05) is 29.7 Å². The highest BCUT2D eigenvalue weighted by atomic mass is 19.4. The van der Waals surface area contributed by atoms with Crippen LogP contribution >= 0.6 is 0 Å². The van der Waals surface area contributed by atoms with Crippen LogP contribution in [0.2, 0.25) is 0 Å². The summed E-state index contributed by atoms with van der Waals surface area (Å²) in [4.78, 5) is 11.2. The van der Waals surface area contributed by atoms with Crippen LogP contribution in [-0.4, -0.2) is 19.6 Å². The second-order valence-electron chi connectivity index (χ2n) is 2.88. The van der Waals surface area contributed by atoms with Crippen molar-refractivity contribution in [3.8, 4) is 0 Å². The summed E-state index contributed by atoms with van der Waals surface area (Å²) < 4.78 is 42.0. The van der Waals surface area contributed by atoms with Gasteiger partial charge in [0.15, 0.2) is 0 Å². The van der Waals surface area contributed by atoms with E-state index in [2.05, 4.69) is 4.74 Å². The first kappa shape index (κ1) is 11.6. The van der Waals surface area contributed by atoms with E-state index in [1.54, 1.807) is 6.92 Å². The van der Waals surface area contributed by atoms with E-state index in [-0.39, 0.29) is 6.61 Å². The fourth-order valence-corrected chi connectivity index (χ4v) is 1.18. The molecule has 6 heteroatoms. The maximum absolute atomic E-state index is 12.5. The highest BCUT2D eigenvalue weighted by molar-refractivity contribution is 6.74. The molecule has 0 saturated heterocycles. The molecular formula is C9H9BF3O2-. The monoisotopic (exact) mass is 217 g/mol. The Kier molecular flexibility index (Phi) is 3.39. The number of halogens is 3. The standard InChI is InChI=1S/C9H9BF3O2/c1-2-15-9(14)7-5-3-4-6-8(7)10(11,12)13/h3-6H,2H2,1H3/q-1. The van der Waals surface area contributed by atoms with Gasteiger partial charge in [-0.3, -0.25) is 0 Å². The lowest BCUT2D eigenvalue weighted by molar-refractivity contribution is 0.0527. The molecule has 0 unspecified atom stereocenters. The van der Waals surface area contributed by atoms with Gasteiger partial charge in [0.05, 0.1) is 6.61 Å². The molecule has 15 heavy (non-hydrogen) atoms. The molecular weight excluding hydrogens is 208 g/mol. The summed E-state index contributed by atoms with van der Waals surface area (Å²) in [6.45, 7) is -3.59. The summed E-state index contributed by atoms with van der Waals surface area (Å²) in [6, 6.07) is 4.61. The zero-order valence-electron chi connectivity index (χ0n) is 8.04. The minimum absolute atomic E-state index is 0.0536. The highest BCUT2D eigenvalue weighted by Gasteiger charge is 2.30. The van der Waals surface area contributed by atoms with Crippen LogP contribution in [0.4, 0.5) is 12.9 Å². The molecule has 0 aliphatic carbocycles. The third kappa shape index (κ3) is 2.74. The van der Waals surface area contributed by atoms with E-state index in [1.807, 2.05) is 0 Å². The van der Waals surface area contributed by atoms with Gasteiger partial charge in [0.1, 0.15) is 0 Å². The Morgan fingerprint density at radius 2 is 1.93 bits per heavy atom. The Morgan fingerprint density at radius 3 is 2.47 bits per heavy atom. The van der Waals surface area contributed by atoms with Crippen molar-refractivity contribution in [2.45, 2.75) is 6.92 Å². The Morgan fingerprint density at radius 1 is 1.33 bits per heavy atom. The SMILES string of the molecule is CCOC(=O)c1ccccc1[B-](F)(F)F. The van der Waals surface area contributed by atoms with Gasteiger partial charge >= 0.3 is 12.9 Å². The Bertz CT molecular complexity index is 363. The molecule has 1 aromatic rings. The third-order valence-corrected chi connectivity index (χ3v) is 1.81. The Balaban J connectivity index is 3.12. The van der Waals surface area contributed by atoms with Crippen LogP contribution in [0.15, 0.2) is 24.3 Å². The lowest BCUT2D eigenvalue weighted by Crippen LogP contribution is -2.38. The molecule has 0 atom stereocenters. The van der Waals surface area contributed by atoms with Gasteiger partial charge in [-0.2, -0.15) is 0 Å². The first-order valence-electron chi connectivity index (χ1n) is 4.42. The quantitative estimate of drug-likeness (QED) is 0.571. The molecule has 1 aromatic carbocycles. The number of hydrogen-bond acceptors (Lipinski definition) is 2. The summed E-state index contributed by atoms with van der Waals surface area (Å²) in [5.74, 6) is -0.938. The summed E-state index contributed by atoms with van der Waals surface area (Å²) in [6.07, 6.45) is 0. The fourth-order valence-electron chi connectivity index (χ4n) is 1.18. The average Bonchev–Trinajstić information content (AvgIpc) is 2.17. The van der Waals surface area contributed by atoms with E-state index in [4.69, 9.17) is 0 Å². The first-order chi connectivity index (χ1) is 6.96. The van der Waals surface area contributed by atoms with Crippen molar-refractivity contribution in [1.29, 1.82) is 0 Å². The molecule has 82 valence electrons. The summed E-state index contributed by atoms with van der Waals surface area (Å²) in [7, 11) is 0. The van der Waals surface area contributed by atoms with E-state index < -0.39 is 24.0 Å². The number of carbonyl (C=O) groups is 1. The van der Waals surface area contributed by atoms with Crippen molar-refractivity contribution in [3.05, 3.63) is 29.8 Å². The zero-order chi connectivity index (χ0) is 11.5. The minimum atomic E-state index is -5.18. The molecule has 0 aromatic heterocycles. The third-order valence-electron chi connectivity index (χ3n) is 1.81. The number of benzene rings is 1. The largest absolute Gasteiger partial charge is 0.510 e. The van der Waals surface area contributed by atoms with Crippen LogP contribution < -0.4 is 5.46 Å². The number of carbonyl (C=O) groups excluding carboxylic acids is 1. The van der Waals surface area contributed by atoms with Crippen molar-refractivity contribution < 1.29 is 22.5 Å². The van der Waals surface area contributed by atoms with Gasteiger partial charge in [0.25, 0.3) is 0 Å². The lowest BCUT2D eigenvalue weighted by Gasteiger charge is -2.18. The predicted molar refractivity (Wildman–Crippen MR) is 51.1 cm³/mol. The van der Waals surface area contributed by atoms with Crippen LogP contribution in [0.1, 0.15) is 17.3 Å². The molecule has 0 heterocycles. The van der Waals surface area contributed by atoms with E-state index in [1.165, 1.54) is 12.1 Å². The molecule has 0 amide bonds. The number of rotatable bonds is 3. The summed E-state index contributed by atoms with van der Waals surface area (Å²) in [5.41, 5.74) is -1.33. The van der Waals surface area contributed by atoms with Crippen LogP contribution in [0.3, 0.4) is 0 Å². The molecule has 1 rings (SSSR count). The number of esters is 1. The maximum Gasteiger partial charge on any atom is 0.510 e. The van der Waals surface area contributed by atoms with Gasteiger partial charge in [-0.15, -0.1) is 0 Å². The van der Waals surface area contributed by atoms with Crippen molar-refractivity contribution >= 4 is 18.4 Å². The van der Waals surface area contributed by atoms with E-state index >= 15 is 0 Å². The molecule has 0 bridgehead atoms. The van der Waals surface area contributed by atoms with E-state index in [9.17, 15) is 17.7 Å². The van der Waals surface area contributed by atoms with E-state index in [0.29, 0.717) is 0 Å². The average molecular weight is 217 g/mol. The Hall–Kier alpha value is -1.46. The van der Waals surface area contributed by atoms with E-state index in [0.717, 1.165) is 12.1 Å². The molecule has 0 N–H and O–H groups in total. The van der Waals surface area contributed by atoms with Crippen molar-refractivity contribution in [3.63, 3.8) is 0 Å². The summed E-state index contributed by atoms with van der Waals surface area (Å²) >= 11 is 0. The van der Waals surface area contributed by atoms with Gasteiger partial charge in [-0.25, -0.2) is 4.79 Å². The van der Waals surface area contributed by atoms with Crippen LogP contribution in [0, 0.1) is 0 Å². The van der Waals surface area contributed by atoms with Crippen LogP contribution in [0.25, 0.3) is 0 Å². The number of ether oxygens (including phenoxy) is 1. The maximum atomic E-state index is 12.5. The van der Waals surface area contributed by atoms with Gasteiger partial charge in [-0.05, 0) is 6.92 Å². The van der Waals surface area contributed by atoms with Crippen molar-refractivity contribution in [1.82, 2.24) is 0 Å². The molecule has 0 aliphatic rings. The number of hydrogen-bond donors (Lipinski definition) is 0. The van der Waals surface area contributed by atoms with Crippen molar-refractivity contribution in [2.24, 2.45) is 0 Å². The normalized spacial score (nSPS) is 11.2. The fraction of sp³-hybridized carbons (Fsp3) is 0.222. The highest BCUT2D eigenvalue weighted by Crippen LogP contribution is 2.12. The Labute approximate surface area is 85.1 Å². The lowest BCUT2D eigenvalue weighted by atomic mass is 9.77. The second kappa shape index (κ2) is 4.38. The minimum Gasteiger partial charge on any atom is -0.462 e. The predicted octanol–water partition coefficient (Wildman–Crippen LogP) is 1.92. The summed E-state index contributed by atoms with van der Waals surface area (Å²) in [5, 5.41) is 0. The van der Waals surface area contributed by atoms with Gasteiger partial charge < -0.3 is 17.7 Å². The van der Waals surface area contributed by atoms with Gasteiger partial charge in [0.2, 0.25) is 0 Å². The first-order valence-corrected chi connectivity index (χ1v) is 4.42. The van der Waals surface area contributed by atoms with Crippen molar-refractivity contribution in [2.75, 3.05) is 6.61 Å². The zero-order valence-corrected chi connectivity index (χ0v) is 8.04. The van der Waals surface area contributed by atoms with Crippen LogP contribution in [-0.2, 0) is 4.74 Å². The molecule has 0 spiro atoms. The van der Waals surface area contributed by atoms with Crippen LogP contribution in [0.5, 0.6) is 0 Å². The molecule has 2 nitrogen and oxygen atoms in total. The van der Waals surface area contributed by atoms with Gasteiger partial charge in [0, 0.05) is 5.56 Å². The second-order valence-corrected chi connectivity index (χ2v) is 2.88. The molecule has 0 radical (unpaired) electrons. The molecule has 0 aliphatic heterocycles. The molecule has 0 saturated carbocycles. The molecule has 0 fully saturated rings.